The van der Waals surface area contributed by atoms with Gasteiger partial charge in [0.1, 0.15) is 11.5 Å². The molecule has 1 fully saturated rings. The lowest BCUT2D eigenvalue weighted by molar-refractivity contribution is 0.0702. The van der Waals surface area contributed by atoms with Crippen LogP contribution in [-0.2, 0) is 19.6 Å². The summed E-state index contributed by atoms with van der Waals surface area (Å²) in [5, 5.41) is 1.81. The van der Waals surface area contributed by atoms with Crippen LogP contribution in [0.4, 0.5) is 0 Å². The number of hydrogen-bond acceptors (Lipinski definition) is 5. The molecule has 1 amide bonds. The topological polar surface area (TPSA) is 54.3 Å². The number of amides is 1. The molecular formula is C15H19N5OS. The van der Waals surface area contributed by atoms with E-state index in [0.29, 0.717) is 12.2 Å². The van der Waals surface area contributed by atoms with E-state index in [9.17, 15) is 4.79 Å². The van der Waals surface area contributed by atoms with Crippen molar-refractivity contribution in [1.82, 2.24) is 24.3 Å². The number of carbonyl (C=O) groups excluding carboxylic acids is 1. The third kappa shape index (κ3) is 2.66. The summed E-state index contributed by atoms with van der Waals surface area (Å²) in [5.41, 5.74) is 3.37. The Balaban J connectivity index is 1.46. The Morgan fingerprint density at radius 2 is 2.09 bits per heavy atom. The zero-order valence-electron chi connectivity index (χ0n) is 12.4. The molecule has 0 unspecified atom stereocenters. The van der Waals surface area contributed by atoms with Crippen LogP contribution in [0, 0.1) is 0 Å². The minimum Gasteiger partial charge on any atom is -0.331 e. The number of imidazole rings is 1. The SMILES string of the molecule is O=C(c1cscn1)N1CCn2cc(CN3CCCC3)nc2C1. The third-order valence-corrected chi connectivity index (χ3v) is 4.96. The Bertz CT molecular complexity index is 660. The summed E-state index contributed by atoms with van der Waals surface area (Å²) < 4.78 is 2.19. The number of carbonyl (C=O) groups is 1. The van der Waals surface area contributed by atoms with Gasteiger partial charge < -0.3 is 9.47 Å². The van der Waals surface area contributed by atoms with Crippen molar-refractivity contribution in [2.75, 3.05) is 19.6 Å². The average Bonchev–Trinajstić information content (AvgIpc) is 3.27. The van der Waals surface area contributed by atoms with E-state index in [1.807, 2.05) is 10.3 Å². The number of rotatable bonds is 3. The van der Waals surface area contributed by atoms with E-state index in [4.69, 9.17) is 4.98 Å². The summed E-state index contributed by atoms with van der Waals surface area (Å²) in [5.74, 6) is 1.00. The van der Waals surface area contributed by atoms with Gasteiger partial charge in [0.2, 0.25) is 0 Å². The van der Waals surface area contributed by atoms with Gasteiger partial charge in [-0.15, -0.1) is 11.3 Å². The predicted octanol–water partition coefficient (Wildman–Crippen LogP) is 1.59. The molecule has 2 aliphatic rings. The van der Waals surface area contributed by atoms with E-state index in [1.165, 1.54) is 37.3 Å². The molecule has 7 heteroatoms. The van der Waals surface area contributed by atoms with Crippen LogP contribution in [0.2, 0.25) is 0 Å². The smallest absolute Gasteiger partial charge is 0.273 e. The maximum Gasteiger partial charge on any atom is 0.273 e. The molecule has 6 nitrogen and oxygen atoms in total. The molecule has 0 saturated carbocycles. The van der Waals surface area contributed by atoms with Crippen molar-refractivity contribution in [3.8, 4) is 0 Å². The maximum absolute atomic E-state index is 12.4. The molecule has 0 N–H and O–H groups in total. The largest absolute Gasteiger partial charge is 0.331 e. The highest BCUT2D eigenvalue weighted by Gasteiger charge is 2.25. The second-order valence-corrected chi connectivity index (χ2v) is 6.64. The van der Waals surface area contributed by atoms with Gasteiger partial charge in [-0.25, -0.2) is 9.97 Å². The van der Waals surface area contributed by atoms with Crippen molar-refractivity contribution < 1.29 is 4.79 Å². The van der Waals surface area contributed by atoms with Crippen LogP contribution >= 0.6 is 11.3 Å². The molecule has 2 aromatic rings. The monoisotopic (exact) mass is 317 g/mol. The highest BCUT2D eigenvalue weighted by Crippen LogP contribution is 2.18. The summed E-state index contributed by atoms with van der Waals surface area (Å²) in [6, 6.07) is 0. The Kier molecular flexibility index (Phi) is 3.67. The van der Waals surface area contributed by atoms with Gasteiger partial charge in [-0.3, -0.25) is 9.69 Å². The number of nitrogens with zero attached hydrogens (tertiary/aromatic N) is 5. The van der Waals surface area contributed by atoms with E-state index in [-0.39, 0.29) is 5.91 Å². The van der Waals surface area contributed by atoms with Gasteiger partial charge in [-0.1, -0.05) is 0 Å². The fourth-order valence-corrected chi connectivity index (χ4v) is 3.74. The lowest BCUT2D eigenvalue weighted by Crippen LogP contribution is -2.38. The van der Waals surface area contributed by atoms with Crippen LogP contribution in [-0.4, -0.2) is 49.9 Å². The molecule has 0 aliphatic carbocycles. The molecule has 2 aliphatic heterocycles. The van der Waals surface area contributed by atoms with Gasteiger partial charge in [0, 0.05) is 31.2 Å². The van der Waals surface area contributed by atoms with Gasteiger partial charge in [-0.05, 0) is 25.9 Å². The number of aromatic nitrogens is 3. The molecule has 116 valence electrons. The molecule has 22 heavy (non-hydrogen) atoms. The van der Waals surface area contributed by atoms with E-state index in [1.54, 1.807) is 5.51 Å². The fourth-order valence-electron chi connectivity index (χ4n) is 3.21. The highest BCUT2D eigenvalue weighted by atomic mass is 32.1. The summed E-state index contributed by atoms with van der Waals surface area (Å²) in [6.07, 6.45) is 4.74. The van der Waals surface area contributed by atoms with E-state index in [0.717, 1.165) is 31.2 Å². The Labute approximate surface area is 133 Å². The van der Waals surface area contributed by atoms with Crippen molar-refractivity contribution in [2.45, 2.75) is 32.5 Å². The van der Waals surface area contributed by atoms with Gasteiger partial charge in [0.25, 0.3) is 5.91 Å². The Hall–Kier alpha value is -1.73. The number of likely N-dealkylation sites (tertiary alicyclic amines) is 1. The zero-order valence-corrected chi connectivity index (χ0v) is 13.3. The van der Waals surface area contributed by atoms with Crippen LogP contribution < -0.4 is 0 Å². The van der Waals surface area contributed by atoms with Crippen molar-refractivity contribution in [2.24, 2.45) is 0 Å². The molecular weight excluding hydrogens is 298 g/mol. The third-order valence-electron chi connectivity index (χ3n) is 4.38. The maximum atomic E-state index is 12.4. The quantitative estimate of drug-likeness (QED) is 0.863. The Morgan fingerprint density at radius 1 is 1.23 bits per heavy atom. The van der Waals surface area contributed by atoms with Crippen molar-refractivity contribution in [1.29, 1.82) is 0 Å². The van der Waals surface area contributed by atoms with Gasteiger partial charge >= 0.3 is 0 Å². The van der Waals surface area contributed by atoms with Crippen molar-refractivity contribution >= 4 is 17.2 Å². The first-order chi connectivity index (χ1) is 10.8. The first kappa shape index (κ1) is 13.9. The van der Waals surface area contributed by atoms with Crippen LogP contribution in [0.25, 0.3) is 0 Å². The summed E-state index contributed by atoms with van der Waals surface area (Å²) in [6.45, 7) is 5.41. The second kappa shape index (κ2) is 5.81. The van der Waals surface area contributed by atoms with Gasteiger partial charge in [0.15, 0.2) is 0 Å². The van der Waals surface area contributed by atoms with Crippen LogP contribution in [0.3, 0.4) is 0 Å². The standard InChI is InChI=1S/C15H19N5OS/c21-15(13-10-22-11-16-13)20-6-5-19-8-12(17-14(19)9-20)7-18-3-1-2-4-18/h8,10-11H,1-7,9H2. The van der Waals surface area contributed by atoms with E-state index >= 15 is 0 Å². The lowest BCUT2D eigenvalue weighted by Gasteiger charge is -2.26. The summed E-state index contributed by atoms with van der Waals surface area (Å²) >= 11 is 1.45. The van der Waals surface area contributed by atoms with E-state index < -0.39 is 0 Å². The fraction of sp³-hybridized carbons (Fsp3) is 0.533. The number of hydrogen-bond donors (Lipinski definition) is 0. The van der Waals surface area contributed by atoms with Crippen molar-refractivity contribution in [3.63, 3.8) is 0 Å². The number of fused-ring (bicyclic) bond motifs is 1. The molecule has 4 rings (SSSR count). The first-order valence-electron chi connectivity index (χ1n) is 7.74. The zero-order chi connectivity index (χ0) is 14.9. The normalized spacial score (nSPS) is 18.6. The molecule has 0 aromatic carbocycles. The second-order valence-electron chi connectivity index (χ2n) is 5.93. The van der Waals surface area contributed by atoms with Gasteiger partial charge in [0.05, 0.1) is 17.7 Å². The van der Waals surface area contributed by atoms with Gasteiger partial charge in [-0.2, -0.15) is 0 Å². The van der Waals surface area contributed by atoms with Crippen LogP contribution in [0.15, 0.2) is 17.1 Å². The average molecular weight is 317 g/mol. The minimum atomic E-state index is 0.0107. The van der Waals surface area contributed by atoms with Crippen molar-refractivity contribution in [3.05, 3.63) is 34.3 Å². The van der Waals surface area contributed by atoms with E-state index in [2.05, 4.69) is 20.6 Å². The van der Waals surface area contributed by atoms with Crippen LogP contribution in [0.1, 0.15) is 34.8 Å². The molecule has 0 spiro atoms. The molecule has 2 aromatic heterocycles. The summed E-state index contributed by atoms with van der Waals surface area (Å²) in [7, 11) is 0. The molecule has 4 heterocycles. The summed E-state index contributed by atoms with van der Waals surface area (Å²) in [4.78, 5) is 25.5. The minimum absolute atomic E-state index is 0.0107. The molecule has 0 bridgehead atoms. The lowest BCUT2D eigenvalue weighted by atomic mass is 10.3. The molecule has 0 atom stereocenters. The Morgan fingerprint density at radius 3 is 2.86 bits per heavy atom. The highest BCUT2D eigenvalue weighted by molar-refractivity contribution is 7.07. The first-order valence-corrected chi connectivity index (χ1v) is 8.68. The number of thiazole rings is 1. The predicted molar refractivity (Wildman–Crippen MR) is 83.6 cm³/mol. The van der Waals surface area contributed by atoms with Crippen LogP contribution in [0.5, 0.6) is 0 Å². The molecule has 1 saturated heterocycles. The molecule has 0 radical (unpaired) electrons.